The average Bonchev–Trinajstić information content (AvgIpc) is 2.49. The van der Waals surface area contributed by atoms with Crippen LogP contribution in [0.4, 0.5) is 0 Å². The minimum Gasteiger partial charge on any atom is -0.275 e. The van der Waals surface area contributed by atoms with Crippen LogP contribution in [0.15, 0.2) is 30.3 Å². The van der Waals surface area contributed by atoms with Gasteiger partial charge < -0.3 is 0 Å². The van der Waals surface area contributed by atoms with Crippen LogP contribution in [0, 0.1) is 5.92 Å². The van der Waals surface area contributed by atoms with Gasteiger partial charge in [0.2, 0.25) is 0 Å². The second kappa shape index (κ2) is 6.71. The molecule has 19 heavy (non-hydrogen) atoms. The number of rotatable bonds is 4. The first-order valence-electron chi connectivity index (χ1n) is 7.10. The van der Waals surface area contributed by atoms with Crippen LogP contribution in [0.25, 0.3) is 0 Å². The van der Waals surface area contributed by atoms with Crippen LogP contribution < -0.4 is 0 Å². The maximum Gasteiger partial charge on any atom is 0.253 e. The van der Waals surface area contributed by atoms with Crippen LogP contribution in [0.1, 0.15) is 43.6 Å². The first-order chi connectivity index (χ1) is 9.24. The van der Waals surface area contributed by atoms with Gasteiger partial charge >= 0.3 is 0 Å². The fourth-order valence-corrected chi connectivity index (χ4v) is 3.03. The summed E-state index contributed by atoms with van der Waals surface area (Å²) in [4.78, 5) is 17.7. The molecule has 1 atom stereocenters. The summed E-state index contributed by atoms with van der Waals surface area (Å²) >= 11 is 0. The van der Waals surface area contributed by atoms with Crippen molar-refractivity contribution in [3.8, 4) is 0 Å². The number of amides is 1. The van der Waals surface area contributed by atoms with E-state index < -0.39 is 0 Å². The van der Waals surface area contributed by atoms with Gasteiger partial charge in [-0.1, -0.05) is 49.6 Å². The van der Waals surface area contributed by atoms with Gasteiger partial charge in [0.05, 0.1) is 13.0 Å². The Morgan fingerprint density at radius 2 is 1.84 bits per heavy atom. The standard InChI is InChI=1S/C16H23NO2/c1-17(19-2)16(18)15(13-9-5-3-6-10-13)14-11-7-4-8-12-14/h3,5-6,9-10,14-15H,4,7-8,11-12H2,1-2H3. The topological polar surface area (TPSA) is 29.5 Å². The molecule has 3 heteroatoms. The summed E-state index contributed by atoms with van der Waals surface area (Å²) in [6, 6.07) is 10.1. The molecule has 0 N–H and O–H groups in total. The third-order valence-electron chi connectivity index (χ3n) is 4.13. The molecule has 0 heterocycles. The van der Waals surface area contributed by atoms with Gasteiger partial charge in [-0.2, -0.15) is 0 Å². The number of carbonyl (C=O) groups is 1. The van der Waals surface area contributed by atoms with Crippen LogP contribution in [0.3, 0.4) is 0 Å². The van der Waals surface area contributed by atoms with Crippen molar-refractivity contribution in [1.82, 2.24) is 5.06 Å². The van der Waals surface area contributed by atoms with Crippen molar-refractivity contribution in [2.75, 3.05) is 14.2 Å². The van der Waals surface area contributed by atoms with Gasteiger partial charge in [0, 0.05) is 7.05 Å². The molecule has 0 aliphatic heterocycles. The Labute approximate surface area is 115 Å². The fourth-order valence-electron chi connectivity index (χ4n) is 3.03. The molecule has 1 amide bonds. The van der Waals surface area contributed by atoms with Gasteiger partial charge in [-0.15, -0.1) is 0 Å². The van der Waals surface area contributed by atoms with Crippen LogP contribution in [0.5, 0.6) is 0 Å². The highest BCUT2D eigenvalue weighted by atomic mass is 16.7. The minimum absolute atomic E-state index is 0.0635. The van der Waals surface area contributed by atoms with Gasteiger partial charge in [-0.25, -0.2) is 5.06 Å². The largest absolute Gasteiger partial charge is 0.275 e. The predicted octanol–water partition coefficient (Wildman–Crippen LogP) is 3.37. The molecule has 1 aliphatic rings. The molecule has 3 nitrogen and oxygen atoms in total. The van der Waals surface area contributed by atoms with Gasteiger partial charge in [-0.05, 0) is 24.3 Å². The number of hydrogen-bond acceptors (Lipinski definition) is 2. The molecule has 1 aromatic rings. The molecule has 0 spiro atoms. The number of likely N-dealkylation sites (N-methyl/N-ethyl adjacent to an activating group) is 1. The summed E-state index contributed by atoms with van der Waals surface area (Å²) < 4.78 is 0. The van der Waals surface area contributed by atoms with E-state index in [9.17, 15) is 4.79 Å². The van der Waals surface area contributed by atoms with Crippen molar-refractivity contribution in [3.05, 3.63) is 35.9 Å². The molecule has 0 radical (unpaired) electrons. The van der Waals surface area contributed by atoms with Crippen molar-refractivity contribution < 1.29 is 9.63 Å². The summed E-state index contributed by atoms with van der Waals surface area (Å²) in [6.45, 7) is 0. The van der Waals surface area contributed by atoms with Gasteiger partial charge in [-0.3, -0.25) is 9.63 Å². The van der Waals surface area contributed by atoms with Crippen LogP contribution in [0.2, 0.25) is 0 Å². The summed E-state index contributed by atoms with van der Waals surface area (Å²) in [5.41, 5.74) is 1.11. The molecular weight excluding hydrogens is 238 g/mol. The van der Waals surface area contributed by atoms with E-state index in [2.05, 4.69) is 12.1 Å². The molecular formula is C16H23NO2. The average molecular weight is 261 g/mol. The molecule has 1 unspecified atom stereocenters. The van der Waals surface area contributed by atoms with E-state index in [0.717, 1.165) is 18.4 Å². The second-order valence-electron chi connectivity index (χ2n) is 5.30. The predicted molar refractivity (Wildman–Crippen MR) is 75.5 cm³/mol. The van der Waals surface area contributed by atoms with E-state index in [4.69, 9.17) is 4.84 Å². The minimum atomic E-state index is -0.0635. The zero-order chi connectivity index (χ0) is 13.7. The Kier molecular flexibility index (Phi) is 4.97. The number of benzene rings is 1. The SMILES string of the molecule is CON(C)C(=O)C(c1ccccc1)C1CCCCC1. The molecule has 2 rings (SSSR count). The van der Waals surface area contributed by atoms with E-state index in [1.54, 1.807) is 14.2 Å². The Morgan fingerprint density at radius 1 is 1.21 bits per heavy atom. The smallest absolute Gasteiger partial charge is 0.253 e. The fraction of sp³-hybridized carbons (Fsp3) is 0.562. The highest BCUT2D eigenvalue weighted by Gasteiger charge is 2.32. The number of hydroxylamine groups is 2. The third kappa shape index (κ3) is 3.35. The van der Waals surface area contributed by atoms with Crippen molar-refractivity contribution >= 4 is 5.91 Å². The van der Waals surface area contributed by atoms with Crippen molar-refractivity contribution in [2.45, 2.75) is 38.0 Å². The molecule has 1 saturated carbocycles. The lowest BCUT2D eigenvalue weighted by atomic mass is 9.76. The first kappa shape index (κ1) is 14.1. The van der Waals surface area contributed by atoms with E-state index in [-0.39, 0.29) is 11.8 Å². The van der Waals surface area contributed by atoms with Crippen LogP contribution >= 0.6 is 0 Å². The lowest BCUT2D eigenvalue weighted by Gasteiger charge is -2.31. The maximum absolute atomic E-state index is 12.6. The Balaban J connectivity index is 2.24. The lowest BCUT2D eigenvalue weighted by molar-refractivity contribution is -0.172. The molecule has 1 fully saturated rings. The van der Waals surface area contributed by atoms with Crippen molar-refractivity contribution in [2.24, 2.45) is 5.92 Å². The zero-order valence-corrected chi connectivity index (χ0v) is 11.8. The third-order valence-corrected chi connectivity index (χ3v) is 4.13. The molecule has 1 aromatic carbocycles. The molecule has 1 aliphatic carbocycles. The number of hydrogen-bond donors (Lipinski definition) is 0. The molecule has 104 valence electrons. The summed E-state index contributed by atoms with van der Waals surface area (Å²) in [7, 11) is 3.24. The Bertz CT molecular complexity index is 398. The second-order valence-corrected chi connectivity index (χ2v) is 5.30. The highest BCUT2D eigenvalue weighted by molar-refractivity contribution is 5.83. The van der Waals surface area contributed by atoms with Crippen LogP contribution in [-0.4, -0.2) is 25.1 Å². The Morgan fingerprint density at radius 3 is 2.42 bits per heavy atom. The van der Waals surface area contributed by atoms with Gasteiger partial charge in [0.25, 0.3) is 5.91 Å². The van der Waals surface area contributed by atoms with E-state index in [0.29, 0.717) is 5.92 Å². The van der Waals surface area contributed by atoms with Crippen molar-refractivity contribution in [1.29, 1.82) is 0 Å². The summed E-state index contributed by atoms with van der Waals surface area (Å²) in [5.74, 6) is 0.452. The first-order valence-corrected chi connectivity index (χ1v) is 7.10. The molecule has 0 saturated heterocycles. The lowest BCUT2D eigenvalue weighted by Crippen LogP contribution is -2.35. The van der Waals surface area contributed by atoms with E-state index in [1.807, 2.05) is 18.2 Å². The van der Waals surface area contributed by atoms with E-state index in [1.165, 1.54) is 24.3 Å². The van der Waals surface area contributed by atoms with Gasteiger partial charge in [0.1, 0.15) is 0 Å². The number of nitrogens with zero attached hydrogens (tertiary/aromatic N) is 1. The highest BCUT2D eigenvalue weighted by Crippen LogP contribution is 2.37. The van der Waals surface area contributed by atoms with Crippen molar-refractivity contribution in [3.63, 3.8) is 0 Å². The number of carbonyl (C=O) groups excluding carboxylic acids is 1. The summed E-state index contributed by atoms with van der Waals surface area (Å²) in [6.07, 6.45) is 6.05. The summed E-state index contributed by atoms with van der Waals surface area (Å²) in [5, 5.41) is 1.37. The Hall–Kier alpha value is -1.35. The zero-order valence-electron chi connectivity index (χ0n) is 11.8. The molecule has 0 bridgehead atoms. The normalized spacial score (nSPS) is 18.0. The quantitative estimate of drug-likeness (QED) is 0.778. The van der Waals surface area contributed by atoms with Gasteiger partial charge in [0.15, 0.2) is 0 Å². The molecule has 0 aromatic heterocycles. The monoisotopic (exact) mass is 261 g/mol. The van der Waals surface area contributed by atoms with E-state index >= 15 is 0 Å². The maximum atomic E-state index is 12.6. The van der Waals surface area contributed by atoms with Crippen LogP contribution in [-0.2, 0) is 9.63 Å².